The quantitative estimate of drug-likeness (QED) is 0.329. The third-order valence-electron chi connectivity index (χ3n) is 7.92. The molecule has 3 aliphatic heterocycles. The third-order valence-corrected chi connectivity index (χ3v) is 7.92. The normalized spacial score (nSPS) is 21.6. The van der Waals surface area contributed by atoms with Gasteiger partial charge in [0.15, 0.2) is 17.0 Å². The zero-order valence-electron chi connectivity index (χ0n) is 25.6. The molecule has 2 saturated heterocycles. The second-order valence-corrected chi connectivity index (χ2v) is 12.2. The van der Waals surface area contributed by atoms with Crippen LogP contribution in [0.2, 0.25) is 0 Å². The van der Waals surface area contributed by atoms with Gasteiger partial charge in [-0.25, -0.2) is 0 Å². The molecular formula is C33H37NO10. The number of fused-ring (bicyclic) bond motifs is 5. The lowest BCUT2D eigenvalue weighted by atomic mass is 9.98. The number of nitrogens with zero attached hydrogens (tertiary/aromatic N) is 1. The first-order valence-electron chi connectivity index (χ1n) is 14.8. The van der Waals surface area contributed by atoms with Gasteiger partial charge in [0.25, 0.3) is 0 Å². The average molecular weight is 608 g/mol. The maximum Gasteiger partial charge on any atom is 0.306 e. The van der Waals surface area contributed by atoms with Gasteiger partial charge in [-0.05, 0) is 63.1 Å². The van der Waals surface area contributed by atoms with Gasteiger partial charge in [0, 0.05) is 29.2 Å². The Bertz CT molecular complexity index is 1580. The fourth-order valence-electron chi connectivity index (χ4n) is 5.75. The summed E-state index contributed by atoms with van der Waals surface area (Å²) < 4.78 is 39.9. The van der Waals surface area contributed by atoms with Gasteiger partial charge >= 0.3 is 5.97 Å². The van der Waals surface area contributed by atoms with Crippen molar-refractivity contribution in [1.82, 2.24) is 0 Å². The highest BCUT2D eigenvalue weighted by Gasteiger charge is 2.36. The number of carbonyl (C=O) groups excluding carboxylic acids is 2. The van der Waals surface area contributed by atoms with Crippen LogP contribution in [0.25, 0.3) is 22.3 Å². The second-order valence-electron chi connectivity index (χ2n) is 12.2. The Hall–Kier alpha value is -3.77. The van der Waals surface area contributed by atoms with Gasteiger partial charge in [0.05, 0.1) is 39.0 Å². The first-order chi connectivity index (χ1) is 20.9. The molecule has 11 nitrogen and oxygen atoms in total. The van der Waals surface area contributed by atoms with E-state index in [1.165, 1.54) is 7.11 Å². The van der Waals surface area contributed by atoms with Crippen LogP contribution in [0.15, 0.2) is 41.2 Å². The minimum Gasteiger partial charge on any atom is -0.491 e. The summed E-state index contributed by atoms with van der Waals surface area (Å²) in [5.41, 5.74) is 3.75. The molecular weight excluding hydrogens is 570 g/mol. The van der Waals surface area contributed by atoms with Crippen molar-refractivity contribution >= 4 is 17.6 Å². The van der Waals surface area contributed by atoms with Gasteiger partial charge in [0.2, 0.25) is 5.91 Å². The molecule has 3 aromatic carbocycles. The molecule has 3 aromatic rings. The minimum absolute atomic E-state index is 0.0697. The summed E-state index contributed by atoms with van der Waals surface area (Å²) in [7, 11) is 1.29. The molecule has 1 amide bonds. The summed E-state index contributed by atoms with van der Waals surface area (Å²) in [4.78, 5) is 40.5. The lowest BCUT2D eigenvalue weighted by Crippen LogP contribution is -2.32. The molecule has 3 heterocycles. The number of hydrogen-bond acceptors (Lipinski definition) is 10. The number of methoxy groups -OCH3 is 1. The lowest BCUT2D eigenvalue weighted by molar-refractivity contribution is -0.142. The van der Waals surface area contributed by atoms with Crippen molar-refractivity contribution < 1.29 is 42.7 Å². The number of carbonyl (C=O) groups is 2. The van der Waals surface area contributed by atoms with Crippen LogP contribution in [0.4, 0.5) is 5.69 Å². The maximum absolute atomic E-state index is 13.7. The summed E-state index contributed by atoms with van der Waals surface area (Å²) in [6, 6.07) is 10.9. The van der Waals surface area contributed by atoms with Crippen LogP contribution < -0.4 is 19.8 Å². The molecule has 0 N–H and O–H groups in total. The summed E-state index contributed by atoms with van der Waals surface area (Å²) in [6.45, 7) is 8.91. The topological polar surface area (TPSA) is 119 Å². The summed E-state index contributed by atoms with van der Waals surface area (Å²) in [5, 5.41) is 0. The van der Waals surface area contributed by atoms with E-state index in [0.717, 1.165) is 11.1 Å². The van der Waals surface area contributed by atoms with E-state index in [0.29, 0.717) is 47.1 Å². The first kappa shape index (κ1) is 30.3. The molecule has 2 atom stereocenters. The molecule has 0 spiro atoms. The maximum atomic E-state index is 13.7. The molecule has 6 rings (SSSR count). The summed E-state index contributed by atoms with van der Waals surface area (Å²) >= 11 is 0. The van der Waals surface area contributed by atoms with E-state index in [-0.39, 0.29) is 56.1 Å². The molecule has 11 heteroatoms. The Morgan fingerprint density at radius 3 is 1.98 bits per heavy atom. The zero-order chi connectivity index (χ0) is 31.2. The Morgan fingerprint density at radius 2 is 1.41 bits per heavy atom. The Labute approximate surface area is 255 Å². The van der Waals surface area contributed by atoms with Crippen LogP contribution in [-0.4, -0.2) is 69.2 Å². The van der Waals surface area contributed by atoms with Crippen LogP contribution >= 0.6 is 0 Å². The first-order valence-corrected chi connectivity index (χ1v) is 14.8. The third kappa shape index (κ3) is 6.37. The number of hydrogen-bond donors (Lipinski definition) is 0. The molecule has 44 heavy (non-hydrogen) atoms. The van der Waals surface area contributed by atoms with Crippen molar-refractivity contribution in [3.05, 3.63) is 52.2 Å². The number of ether oxygens (including phenoxy) is 7. The fraction of sp³-hybridized carbons (Fsp3) is 0.485. The predicted octanol–water partition coefficient (Wildman–Crippen LogP) is 4.12. The Balaban J connectivity index is 1.30. The number of amides is 1. The van der Waals surface area contributed by atoms with Gasteiger partial charge in [-0.1, -0.05) is 6.07 Å². The molecule has 0 bridgehead atoms. The van der Waals surface area contributed by atoms with Crippen molar-refractivity contribution in [2.45, 2.75) is 70.9 Å². The molecule has 0 radical (unpaired) electrons. The standard InChI is InChI=1S/C33H37NO10/c1-32(2)41-17-22(43-32)15-39-20-6-8-24-19(12-20)14-34(27(35)10-11-28(36)38-5)26-13-21(7-9-25(26)30-29(24)31(30)37)40-16-23-18-42-33(3,4)44-23/h6-9,12-13,22-23H,10-11,14-18H2,1-5H3/t22-,23-/m1/s1. The van der Waals surface area contributed by atoms with Crippen molar-refractivity contribution in [3.63, 3.8) is 0 Å². The molecule has 0 saturated carbocycles. The fourth-order valence-corrected chi connectivity index (χ4v) is 5.75. The monoisotopic (exact) mass is 607 g/mol. The van der Waals surface area contributed by atoms with Gasteiger partial charge in [0.1, 0.15) is 36.9 Å². The van der Waals surface area contributed by atoms with E-state index in [2.05, 4.69) is 0 Å². The average Bonchev–Trinajstić information content (AvgIpc) is 3.29. The van der Waals surface area contributed by atoms with E-state index < -0.39 is 17.5 Å². The Kier molecular flexibility index (Phi) is 8.00. The van der Waals surface area contributed by atoms with Crippen LogP contribution in [0.1, 0.15) is 46.1 Å². The molecule has 0 unspecified atom stereocenters. The van der Waals surface area contributed by atoms with E-state index >= 15 is 0 Å². The SMILES string of the molecule is COC(=O)CCC(=O)N1Cc2cc(OC[C@@H]3COC(C)(C)O3)ccc2-c2c(c2=O)-c2ccc(OC[C@@H]3COC(C)(C)O3)cc21. The summed E-state index contributed by atoms with van der Waals surface area (Å²) in [5.74, 6) is -1.03. The number of esters is 1. The largest absolute Gasteiger partial charge is 0.491 e. The van der Waals surface area contributed by atoms with Crippen molar-refractivity contribution in [3.8, 4) is 33.8 Å². The zero-order valence-corrected chi connectivity index (χ0v) is 25.6. The highest BCUT2D eigenvalue weighted by atomic mass is 16.8. The second kappa shape index (κ2) is 11.6. The molecule has 0 aromatic heterocycles. The molecule has 2 fully saturated rings. The predicted molar refractivity (Wildman–Crippen MR) is 159 cm³/mol. The van der Waals surface area contributed by atoms with E-state index in [1.807, 2.05) is 45.9 Å². The van der Waals surface area contributed by atoms with E-state index in [4.69, 9.17) is 33.2 Å². The summed E-state index contributed by atoms with van der Waals surface area (Å²) in [6.07, 6.45) is -0.615. The van der Waals surface area contributed by atoms with Gasteiger partial charge < -0.3 is 38.1 Å². The van der Waals surface area contributed by atoms with Crippen molar-refractivity contribution in [2.24, 2.45) is 0 Å². The molecule has 0 aliphatic carbocycles. The highest BCUT2D eigenvalue weighted by molar-refractivity contribution is 6.06. The smallest absolute Gasteiger partial charge is 0.306 e. The van der Waals surface area contributed by atoms with E-state index in [9.17, 15) is 14.4 Å². The van der Waals surface area contributed by atoms with Crippen LogP contribution in [0.5, 0.6) is 11.5 Å². The minimum atomic E-state index is -0.678. The molecule has 234 valence electrons. The van der Waals surface area contributed by atoms with Gasteiger partial charge in [-0.3, -0.25) is 14.4 Å². The van der Waals surface area contributed by atoms with Crippen molar-refractivity contribution in [1.29, 1.82) is 0 Å². The Morgan fingerprint density at radius 1 is 0.841 bits per heavy atom. The highest BCUT2D eigenvalue weighted by Crippen LogP contribution is 2.46. The van der Waals surface area contributed by atoms with Crippen LogP contribution in [-0.2, 0) is 39.8 Å². The van der Waals surface area contributed by atoms with Crippen LogP contribution in [0, 0.1) is 0 Å². The molecule has 3 aliphatic rings. The number of anilines is 1. The van der Waals surface area contributed by atoms with E-state index in [1.54, 1.807) is 23.1 Å². The van der Waals surface area contributed by atoms with Crippen LogP contribution in [0.3, 0.4) is 0 Å². The number of benzene rings is 2. The van der Waals surface area contributed by atoms with Crippen molar-refractivity contribution in [2.75, 3.05) is 38.4 Å². The van der Waals surface area contributed by atoms with Gasteiger partial charge in [-0.2, -0.15) is 0 Å². The lowest BCUT2D eigenvalue weighted by Gasteiger charge is -2.28. The number of rotatable bonds is 9. The van der Waals surface area contributed by atoms with Gasteiger partial charge in [-0.15, -0.1) is 0 Å².